The third-order valence-electron chi connectivity index (χ3n) is 2.02. The lowest BCUT2D eigenvalue weighted by molar-refractivity contribution is 0.146. The van der Waals surface area contributed by atoms with E-state index in [0.29, 0.717) is 11.4 Å². The Morgan fingerprint density at radius 3 is 2.65 bits per heavy atom. The number of pyridine rings is 1. The van der Waals surface area contributed by atoms with E-state index in [1.54, 1.807) is 6.92 Å². The van der Waals surface area contributed by atoms with Gasteiger partial charge in [-0.25, -0.2) is 13.8 Å². The summed E-state index contributed by atoms with van der Waals surface area (Å²) >= 11 is 0. The van der Waals surface area contributed by atoms with Crippen LogP contribution >= 0.6 is 0 Å². The van der Waals surface area contributed by atoms with Crippen molar-refractivity contribution in [3.63, 3.8) is 0 Å². The Morgan fingerprint density at radius 2 is 2.24 bits per heavy atom. The molecule has 0 aliphatic heterocycles. The van der Waals surface area contributed by atoms with Crippen LogP contribution in [0.4, 0.5) is 14.5 Å². The number of halogens is 2. The summed E-state index contributed by atoms with van der Waals surface area (Å²) in [4.78, 5) is 7.54. The minimum absolute atomic E-state index is 0.263. The first kappa shape index (κ1) is 13.2. The van der Waals surface area contributed by atoms with Crippen molar-refractivity contribution in [3.8, 4) is 0 Å². The van der Waals surface area contributed by atoms with Gasteiger partial charge >= 0.3 is 0 Å². The molecule has 3 N–H and O–H groups in total. The number of hydrogen-bond acceptors (Lipinski definition) is 5. The first-order valence-corrected chi connectivity index (χ1v) is 4.76. The molecule has 0 unspecified atom stereocenters. The summed E-state index contributed by atoms with van der Waals surface area (Å²) in [5.74, 6) is 5.05. The molecule has 0 saturated carbocycles. The molecule has 5 nitrogen and oxygen atoms in total. The highest BCUT2D eigenvalue weighted by Gasteiger charge is 2.08. The zero-order valence-electron chi connectivity index (χ0n) is 9.14. The monoisotopic (exact) mass is 242 g/mol. The maximum Gasteiger partial charge on any atom is 0.280 e. The number of alkyl halides is 2. The van der Waals surface area contributed by atoms with Crippen LogP contribution in [0.2, 0.25) is 0 Å². The molecule has 1 aromatic heterocycles. The lowest BCUT2D eigenvalue weighted by Crippen LogP contribution is -2.16. The van der Waals surface area contributed by atoms with Crippen molar-refractivity contribution in [2.45, 2.75) is 13.3 Å². The molecule has 92 valence electrons. The summed E-state index contributed by atoms with van der Waals surface area (Å²) in [5, 5.41) is 12.4. The third kappa shape index (κ3) is 3.56. The molecule has 0 saturated heterocycles. The lowest BCUT2D eigenvalue weighted by Gasteiger charge is -2.02. The predicted molar refractivity (Wildman–Crippen MR) is 60.7 cm³/mol. The van der Waals surface area contributed by atoms with Crippen molar-refractivity contribution in [3.05, 3.63) is 24.0 Å². The second-order valence-corrected chi connectivity index (χ2v) is 3.17. The van der Waals surface area contributed by atoms with Crippen LogP contribution < -0.4 is 5.84 Å². The number of nitrogens with two attached hydrogens (primary N) is 1. The smallest absolute Gasteiger partial charge is 0.280 e. The largest absolute Gasteiger partial charge is 0.390 e. The fraction of sp³-hybridized carbons (Fsp3) is 0.300. The van der Waals surface area contributed by atoms with E-state index in [-0.39, 0.29) is 18.0 Å². The van der Waals surface area contributed by atoms with Crippen molar-refractivity contribution >= 4 is 17.1 Å². The number of aliphatic imine (C=N–C) groups is 1. The summed E-state index contributed by atoms with van der Waals surface area (Å²) in [7, 11) is 0. The molecular weight excluding hydrogens is 230 g/mol. The predicted octanol–water partition coefficient (Wildman–Crippen LogP) is 1.42. The van der Waals surface area contributed by atoms with E-state index in [1.807, 2.05) is 0 Å². The number of aromatic nitrogens is 1. The van der Waals surface area contributed by atoms with E-state index in [0.717, 1.165) is 0 Å². The molecular formula is C10H12F2N4O. The van der Waals surface area contributed by atoms with Gasteiger partial charge in [-0.15, -0.1) is 0 Å². The molecule has 0 spiro atoms. The van der Waals surface area contributed by atoms with Gasteiger partial charge in [0, 0.05) is 0 Å². The maximum atomic E-state index is 12.2. The molecule has 0 atom stereocenters. The number of hydrazone groups is 1. The Labute approximate surface area is 96.7 Å². The van der Waals surface area contributed by atoms with Crippen molar-refractivity contribution in [2.24, 2.45) is 15.9 Å². The fourth-order valence-electron chi connectivity index (χ4n) is 1.05. The molecule has 1 rings (SSSR count). The van der Waals surface area contributed by atoms with E-state index in [1.165, 1.54) is 18.3 Å². The normalized spacial score (nSPS) is 13.2. The topological polar surface area (TPSA) is 83.9 Å². The summed E-state index contributed by atoms with van der Waals surface area (Å²) in [6, 6.07) is 2.56. The molecule has 0 radical (unpaired) electrons. The minimum Gasteiger partial charge on any atom is -0.390 e. The van der Waals surface area contributed by atoms with Gasteiger partial charge in [-0.05, 0) is 19.1 Å². The molecule has 0 aromatic carbocycles. The Morgan fingerprint density at radius 1 is 1.53 bits per heavy atom. The number of rotatable bonds is 4. The average Bonchev–Trinajstić information content (AvgIpc) is 2.35. The first-order valence-electron chi connectivity index (χ1n) is 4.76. The fourth-order valence-corrected chi connectivity index (χ4v) is 1.05. The minimum atomic E-state index is -2.61. The van der Waals surface area contributed by atoms with Gasteiger partial charge in [-0.1, -0.05) is 0 Å². The van der Waals surface area contributed by atoms with Gasteiger partial charge in [0.15, 0.2) is 0 Å². The van der Waals surface area contributed by atoms with Gasteiger partial charge in [0.05, 0.1) is 29.9 Å². The molecule has 0 aliphatic rings. The molecule has 0 bridgehead atoms. The average molecular weight is 242 g/mol. The molecule has 1 aromatic rings. The molecule has 0 aliphatic carbocycles. The number of nitrogens with zero attached hydrogens (tertiary/aromatic N) is 3. The van der Waals surface area contributed by atoms with Crippen LogP contribution in [0, 0.1) is 0 Å². The summed E-state index contributed by atoms with van der Waals surface area (Å²) < 4.78 is 24.5. The zero-order chi connectivity index (χ0) is 12.8. The van der Waals surface area contributed by atoms with Crippen molar-refractivity contribution in [2.75, 3.05) is 6.61 Å². The Balaban J connectivity index is 2.97. The van der Waals surface area contributed by atoms with E-state index < -0.39 is 6.43 Å². The van der Waals surface area contributed by atoms with Crippen molar-refractivity contribution in [1.82, 2.24) is 4.98 Å². The summed E-state index contributed by atoms with van der Waals surface area (Å²) in [5.41, 5.74) is 0.657. The van der Waals surface area contributed by atoms with Crippen LogP contribution in [-0.2, 0) is 0 Å². The van der Waals surface area contributed by atoms with E-state index >= 15 is 0 Å². The molecule has 7 heteroatoms. The molecule has 1 heterocycles. The van der Waals surface area contributed by atoms with Gasteiger partial charge in [0.1, 0.15) is 5.69 Å². The van der Waals surface area contributed by atoms with Crippen LogP contribution in [0.3, 0.4) is 0 Å². The quantitative estimate of drug-likeness (QED) is 0.475. The van der Waals surface area contributed by atoms with Crippen LogP contribution in [0.25, 0.3) is 0 Å². The summed E-state index contributed by atoms with van der Waals surface area (Å²) in [6.07, 6.45) is -1.42. The highest BCUT2D eigenvalue weighted by atomic mass is 19.3. The number of aliphatic hydroxyl groups excluding tert-OH is 1. The van der Waals surface area contributed by atoms with Gasteiger partial charge in [-0.3, -0.25) is 4.98 Å². The summed E-state index contributed by atoms with van der Waals surface area (Å²) in [6.45, 7) is 1.24. The van der Waals surface area contributed by atoms with Crippen molar-refractivity contribution in [1.29, 1.82) is 0 Å². The Hall–Kier alpha value is -1.89. The van der Waals surface area contributed by atoms with Crippen molar-refractivity contribution < 1.29 is 13.9 Å². The standard InChI is InChI=1S/C10H12F2N4O/c1-6(16-13)9(5-17)15-7-2-3-8(10(11)12)14-4-7/h2-4,10,17H,5,13H2,1H3/b15-9?,16-6-. The van der Waals surface area contributed by atoms with Gasteiger partial charge in [0.25, 0.3) is 6.43 Å². The first-order chi connectivity index (χ1) is 8.08. The van der Waals surface area contributed by atoms with E-state index in [2.05, 4.69) is 15.1 Å². The molecule has 17 heavy (non-hydrogen) atoms. The highest BCUT2D eigenvalue weighted by Crippen LogP contribution is 2.18. The Kier molecular flexibility index (Phi) is 4.65. The second kappa shape index (κ2) is 6.00. The molecule has 0 amide bonds. The van der Waals surface area contributed by atoms with Gasteiger partial charge < -0.3 is 10.9 Å². The van der Waals surface area contributed by atoms with Crippen LogP contribution in [-0.4, -0.2) is 28.1 Å². The molecule has 0 fully saturated rings. The van der Waals surface area contributed by atoms with Gasteiger partial charge in [-0.2, -0.15) is 5.10 Å². The lowest BCUT2D eigenvalue weighted by atomic mass is 10.2. The SMILES string of the molecule is C/C(=N/N)C(CO)=Nc1ccc(C(F)F)nc1. The Bertz CT molecular complexity index is 428. The van der Waals surface area contributed by atoms with Gasteiger partial charge in [0.2, 0.25) is 0 Å². The second-order valence-electron chi connectivity index (χ2n) is 3.17. The van der Waals surface area contributed by atoms with E-state index in [4.69, 9.17) is 10.9 Å². The van der Waals surface area contributed by atoms with Crippen LogP contribution in [0.1, 0.15) is 19.0 Å². The number of aliphatic hydroxyl groups is 1. The zero-order valence-corrected chi connectivity index (χ0v) is 9.14. The van der Waals surface area contributed by atoms with Crippen LogP contribution in [0.5, 0.6) is 0 Å². The third-order valence-corrected chi connectivity index (χ3v) is 2.02. The van der Waals surface area contributed by atoms with E-state index in [9.17, 15) is 8.78 Å². The maximum absolute atomic E-state index is 12.2. The highest BCUT2D eigenvalue weighted by molar-refractivity contribution is 6.42. The van der Waals surface area contributed by atoms with Crippen LogP contribution in [0.15, 0.2) is 28.4 Å². The number of hydrogen-bond donors (Lipinski definition) is 2.